The van der Waals surface area contributed by atoms with Gasteiger partial charge in [-0.25, -0.2) is 0 Å². The van der Waals surface area contributed by atoms with E-state index in [0.29, 0.717) is 21.8 Å². The molecule has 134 valence electrons. The van der Waals surface area contributed by atoms with Crippen LogP contribution < -0.4 is 5.32 Å². The summed E-state index contributed by atoms with van der Waals surface area (Å²) in [6, 6.07) is 22.1. The molecule has 0 aromatic heterocycles. The molecule has 0 aliphatic carbocycles. The number of nitrogens with zero attached hydrogens (tertiary/aromatic N) is 1. The molecule has 0 radical (unpaired) electrons. The third-order valence-corrected chi connectivity index (χ3v) is 4.06. The number of hydrogen-bond donors (Lipinski definition) is 1. The van der Waals surface area contributed by atoms with Gasteiger partial charge in [0.2, 0.25) is 0 Å². The van der Waals surface area contributed by atoms with E-state index in [-0.39, 0.29) is 11.6 Å². The summed E-state index contributed by atoms with van der Waals surface area (Å²) in [7, 11) is 0. The number of nitro groups is 1. The van der Waals surface area contributed by atoms with Gasteiger partial charge in [0.25, 0.3) is 11.6 Å². The minimum Gasteiger partial charge on any atom is -0.322 e. The topological polar surface area (TPSA) is 72.2 Å². The molecule has 3 rings (SSSR count). The largest absolute Gasteiger partial charge is 0.322 e. The molecule has 0 unspecified atom stereocenters. The van der Waals surface area contributed by atoms with Crippen LogP contribution in [0.4, 0.5) is 11.4 Å². The molecule has 1 amide bonds. The van der Waals surface area contributed by atoms with Crippen LogP contribution in [0.1, 0.15) is 11.1 Å². The number of carbonyl (C=O) groups excluding carboxylic acids is 1. The first-order valence-electron chi connectivity index (χ1n) is 8.11. The van der Waals surface area contributed by atoms with E-state index in [1.54, 1.807) is 42.5 Å². The zero-order valence-corrected chi connectivity index (χ0v) is 14.9. The van der Waals surface area contributed by atoms with Gasteiger partial charge in [0.05, 0.1) is 4.92 Å². The standard InChI is InChI=1S/C21H15ClN2O3/c22-17-7-4-8-18(14-17)23-21(25)20(16-5-2-1-3-6-16)13-15-9-11-19(12-10-15)24(26)27/h1-14H,(H,23,25)/b20-13+. The van der Waals surface area contributed by atoms with Crippen LogP contribution in [0.2, 0.25) is 5.02 Å². The summed E-state index contributed by atoms with van der Waals surface area (Å²) in [5.74, 6) is -0.304. The number of halogens is 1. The van der Waals surface area contributed by atoms with Gasteiger partial charge in [-0.15, -0.1) is 0 Å². The quantitative estimate of drug-likeness (QED) is 0.278. The van der Waals surface area contributed by atoms with E-state index < -0.39 is 4.92 Å². The highest BCUT2D eigenvalue weighted by Gasteiger charge is 2.13. The molecule has 0 bridgehead atoms. The van der Waals surface area contributed by atoms with E-state index >= 15 is 0 Å². The fraction of sp³-hybridized carbons (Fsp3) is 0. The van der Waals surface area contributed by atoms with Crippen molar-refractivity contribution in [3.63, 3.8) is 0 Å². The Morgan fingerprint density at radius 2 is 1.67 bits per heavy atom. The number of nitro benzene ring substituents is 1. The lowest BCUT2D eigenvalue weighted by atomic mass is 10.0. The first kappa shape index (κ1) is 18.4. The Balaban J connectivity index is 1.96. The molecular weight excluding hydrogens is 364 g/mol. The molecule has 0 heterocycles. The van der Waals surface area contributed by atoms with Crippen LogP contribution in [0, 0.1) is 10.1 Å². The normalized spacial score (nSPS) is 11.1. The summed E-state index contributed by atoms with van der Waals surface area (Å²) in [5, 5.41) is 14.2. The molecule has 0 aliphatic heterocycles. The molecule has 3 aromatic rings. The Hall–Kier alpha value is -3.44. The molecule has 5 nitrogen and oxygen atoms in total. The summed E-state index contributed by atoms with van der Waals surface area (Å²) in [4.78, 5) is 23.2. The van der Waals surface area contributed by atoms with Crippen LogP contribution in [0.15, 0.2) is 78.9 Å². The van der Waals surface area contributed by atoms with Gasteiger partial charge >= 0.3 is 0 Å². The van der Waals surface area contributed by atoms with E-state index in [9.17, 15) is 14.9 Å². The number of carbonyl (C=O) groups is 1. The van der Waals surface area contributed by atoms with Crippen LogP contribution in [0.25, 0.3) is 11.6 Å². The predicted molar refractivity (Wildman–Crippen MR) is 107 cm³/mol. The predicted octanol–water partition coefficient (Wildman–Crippen LogP) is 5.43. The highest BCUT2D eigenvalue weighted by Crippen LogP contribution is 2.23. The van der Waals surface area contributed by atoms with Gasteiger partial charge in [0, 0.05) is 28.4 Å². The fourth-order valence-electron chi connectivity index (χ4n) is 2.52. The van der Waals surface area contributed by atoms with E-state index in [1.807, 2.05) is 30.3 Å². The average molecular weight is 379 g/mol. The molecule has 1 N–H and O–H groups in total. The number of nitrogens with one attached hydrogen (secondary N) is 1. The molecule has 6 heteroatoms. The van der Waals surface area contributed by atoms with Gasteiger partial charge in [0.1, 0.15) is 0 Å². The van der Waals surface area contributed by atoms with Crippen molar-refractivity contribution in [2.75, 3.05) is 5.32 Å². The van der Waals surface area contributed by atoms with Gasteiger partial charge < -0.3 is 5.32 Å². The van der Waals surface area contributed by atoms with Crippen molar-refractivity contribution >= 4 is 40.5 Å². The Kier molecular flexibility index (Phi) is 5.64. The van der Waals surface area contributed by atoms with Crippen molar-refractivity contribution in [1.29, 1.82) is 0 Å². The molecule has 0 saturated carbocycles. The highest BCUT2D eigenvalue weighted by molar-refractivity contribution is 6.32. The number of benzene rings is 3. The van der Waals surface area contributed by atoms with Crippen LogP contribution in [-0.2, 0) is 4.79 Å². The first-order chi connectivity index (χ1) is 13.0. The number of amides is 1. The second-order valence-corrected chi connectivity index (χ2v) is 6.17. The van der Waals surface area contributed by atoms with Crippen molar-refractivity contribution in [3.05, 3.63) is 105 Å². The Labute approximate surface area is 161 Å². The van der Waals surface area contributed by atoms with E-state index in [4.69, 9.17) is 11.6 Å². The maximum Gasteiger partial charge on any atom is 0.269 e. The maximum absolute atomic E-state index is 12.9. The number of hydrogen-bond acceptors (Lipinski definition) is 3. The first-order valence-corrected chi connectivity index (χ1v) is 8.49. The maximum atomic E-state index is 12.9. The van der Waals surface area contributed by atoms with Gasteiger partial charge in [-0.1, -0.05) is 48.0 Å². The van der Waals surface area contributed by atoms with E-state index in [0.717, 1.165) is 5.56 Å². The minimum atomic E-state index is -0.461. The lowest BCUT2D eigenvalue weighted by Gasteiger charge is -2.10. The van der Waals surface area contributed by atoms with Gasteiger partial charge in [-0.05, 0) is 47.5 Å². The molecule has 0 atom stereocenters. The fourth-order valence-corrected chi connectivity index (χ4v) is 2.71. The smallest absolute Gasteiger partial charge is 0.269 e. The zero-order valence-electron chi connectivity index (χ0n) is 14.1. The van der Waals surface area contributed by atoms with Crippen LogP contribution in [0.3, 0.4) is 0 Å². The molecule has 27 heavy (non-hydrogen) atoms. The molecular formula is C21H15ClN2O3. The summed E-state index contributed by atoms with van der Waals surface area (Å²) in [5.41, 5.74) is 2.43. The zero-order chi connectivity index (χ0) is 19.2. The highest BCUT2D eigenvalue weighted by atomic mass is 35.5. The van der Waals surface area contributed by atoms with E-state index in [2.05, 4.69) is 5.32 Å². The summed E-state index contributed by atoms with van der Waals surface area (Å²) < 4.78 is 0. The van der Waals surface area contributed by atoms with Gasteiger partial charge in [-0.3, -0.25) is 14.9 Å². The summed E-state index contributed by atoms with van der Waals surface area (Å²) >= 11 is 5.97. The van der Waals surface area contributed by atoms with Crippen LogP contribution in [0.5, 0.6) is 0 Å². The molecule has 0 aliphatic rings. The molecule has 0 fully saturated rings. The summed E-state index contributed by atoms with van der Waals surface area (Å²) in [6.45, 7) is 0. The van der Waals surface area contributed by atoms with Crippen molar-refractivity contribution in [3.8, 4) is 0 Å². The van der Waals surface area contributed by atoms with Gasteiger partial charge in [-0.2, -0.15) is 0 Å². The van der Waals surface area contributed by atoms with Crippen molar-refractivity contribution in [2.45, 2.75) is 0 Å². The molecule has 0 saturated heterocycles. The third-order valence-electron chi connectivity index (χ3n) is 3.83. The molecule has 0 spiro atoms. The Bertz CT molecular complexity index is 999. The monoisotopic (exact) mass is 378 g/mol. The van der Waals surface area contributed by atoms with Gasteiger partial charge in [0.15, 0.2) is 0 Å². The second-order valence-electron chi connectivity index (χ2n) is 5.74. The second kappa shape index (κ2) is 8.29. The molecule has 3 aromatic carbocycles. The Morgan fingerprint density at radius 1 is 0.963 bits per heavy atom. The van der Waals surface area contributed by atoms with Crippen LogP contribution in [-0.4, -0.2) is 10.8 Å². The SMILES string of the molecule is O=C(Nc1cccc(Cl)c1)/C(=C/c1ccc([N+](=O)[O-])cc1)c1ccccc1. The van der Waals surface area contributed by atoms with Crippen molar-refractivity contribution in [2.24, 2.45) is 0 Å². The average Bonchev–Trinajstić information content (AvgIpc) is 2.67. The Morgan fingerprint density at radius 3 is 2.30 bits per heavy atom. The van der Waals surface area contributed by atoms with Crippen molar-refractivity contribution < 1.29 is 9.72 Å². The number of non-ortho nitro benzene ring substituents is 1. The lowest BCUT2D eigenvalue weighted by molar-refractivity contribution is -0.384. The number of rotatable bonds is 5. The van der Waals surface area contributed by atoms with Crippen LogP contribution >= 0.6 is 11.6 Å². The van der Waals surface area contributed by atoms with E-state index in [1.165, 1.54) is 12.1 Å². The lowest BCUT2D eigenvalue weighted by Crippen LogP contribution is -2.13. The number of anilines is 1. The van der Waals surface area contributed by atoms with Crippen molar-refractivity contribution in [1.82, 2.24) is 0 Å². The minimum absolute atomic E-state index is 0.00297. The third kappa shape index (κ3) is 4.80. The summed E-state index contributed by atoms with van der Waals surface area (Å²) in [6.07, 6.45) is 1.69.